The van der Waals surface area contributed by atoms with Crippen LogP contribution in [0.5, 0.6) is 0 Å². The third-order valence-corrected chi connectivity index (χ3v) is 9.58. The van der Waals surface area contributed by atoms with E-state index in [1.807, 2.05) is 19.1 Å². The molecule has 1 aromatic heterocycles. The summed E-state index contributed by atoms with van der Waals surface area (Å²) >= 11 is 0. The first-order valence-corrected chi connectivity index (χ1v) is 14.3. The maximum Gasteiger partial charge on any atom is 0.268 e. The molecule has 1 heterocycles. The SMILES string of the molecule is C=CCc1c(CN(CC=C)S(=O)(=O)c2ccc(C)cc2)c2ccccc2n1S(=O)(=O)c1ccccc1. The van der Waals surface area contributed by atoms with E-state index in [1.54, 1.807) is 72.8 Å². The molecule has 36 heavy (non-hydrogen) atoms. The number of sulfonamides is 1. The lowest BCUT2D eigenvalue weighted by Crippen LogP contribution is -2.31. The molecule has 186 valence electrons. The fourth-order valence-corrected chi connectivity index (χ4v) is 7.23. The summed E-state index contributed by atoms with van der Waals surface area (Å²) in [4.78, 5) is 0.318. The van der Waals surface area contributed by atoms with Gasteiger partial charge in [0.05, 0.1) is 15.3 Å². The molecule has 0 aliphatic carbocycles. The Bertz CT molecular complexity index is 1620. The molecule has 0 aliphatic heterocycles. The summed E-state index contributed by atoms with van der Waals surface area (Å²) in [5.74, 6) is 0. The second kappa shape index (κ2) is 10.3. The van der Waals surface area contributed by atoms with E-state index < -0.39 is 20.0 Å². The number of aromatic nitrogens is 1. The van der Waals surface area contributed by atoms with Gasteiger partial charge in [0, 0.05) is 30.6 Å². The van der Waals surface area contributed by atoms with Crippen LogP contribution in [-0.4, -0.2) is 31.7 Å². The molecule has 4 aromatic rings. The number of para-hydroxylation sites is 1. The highest BCUT2D eigenvalue weighted by Gasteiger charge is 2.30. The zero-order valence-electron chi connectivity index (χ0n) is 20.0. The van der Waals surface area contributed by atoms with Gasteiger partial charge in [-0.3, -0.25) is 0 Å². The van der Waals surface area contributed by atoms with E-state index >= 15 is 0 Å². The molecule has 0 bridgehead atoms. The minimum Gasteiger partial charge on any atom is -0.237 e. The number of hydrogen-bond donors (Lipinski definition) is 0. The van der Waals surface area contributed by atoms with Gasteiger partial charge in [-0.1, -0.05) is 66.2 Å². The average Bonchev–Trinajstić information content (AvgIpc) is 3.18. The second-order valence-electron chi connectivity index (χ2n) is 8.42. The van der Waals surface area contributed by atoms with E-state index in [0.29, 0.717) is 22.2 Å². The minimum absolute atomic E-state index is 0.0246. The highest BCUT2D eigenvalue weighted by Crippen LogP contribution is 2.33. The maximum atomic E-state index is 13.8. The zero-order chi connectivity index (χ0) is 25.9. The molecule has 0 radical (unpaired) electrons. The predicted octanol–water partition coefficient (Wildman–Crippen LogP) is 5.29. The molecule has 0 atom stereocenters. The lowest BCUT2D eigenvalue weighted by Gasteiger charge is -2.22. The van der Waals surface area contributed by atoms with E-state index in [1.165, 1.54) is 14.4 Å². The van der Waals surface area contributed by atoms with E-state index in [2.05, 4.69) is 13.2 Å². The number of rotatable bonds is 10. The van der Waals surface area contributed by atoms with Crippen molar-refractivity contribution in [3.05, 3.63) is 121 Å². The van der Waals surface area contributed by atoms with Crippen molar-refractivity contribution in [3.63, 3.8) is 0 Å². The van der Waals surface area contributed by atoms with Gasteiger partial charge in [-0.2, -0.15) is 4.31 Å². The summed E-state index contributed by atoms with van der Waals surface area (Å²) in [5, 5.41) is 0.669. The number of nitrogens with zero attached hydrogens (tertiary/aromatic N) is 2. The molecular weight excluding hydrogens is 492 g/mol. The topological polar surface area (TPSA) is 76.5 Å². The first-order chi connectivity index (χ1) is 17.2. The highest BCUT2D eigenvalue weighted by atomic mass is 32.2. The van der Waals surface area contributed by atoms with Crippen molar-refractivity contribution in [2.45, 2.75) is 29.7 Å². The average molecular weight is 521 g/mol. The molecule has 8 heteroatoms. The van der Waals surface area contributed by atoms with Gasteiger partial charge in [0.15, 0.2) is 0 Å². The van der Waals surface area contributed by atoms with Gasteiger partial charge in [0.1, 0.15) is 0 Å². The summed E-state index contributed by atoms with van der Waals surface area (Å²) in [6, 6.07) is 22.0. The van der Waals surface area contributed by atoms with Crippen molar-refractivity contribution >= 4 is 30.9 Å². The lowest BCUT2D eigenvalue weighted by atomic mass is 10.1. The van der Waals surface area contributed by atoms with E-state index in [9.17, 15) is 16.8 Å². The highest BCUT2D eigenvalue weighted by molar-refractivity contribution is 7.90. The van der Waals surface area contributed by atoms with Gasteiger partial charge >= 0.3 is 0 Å². The summed E-state index contributed by atoms with van der Waals surface area (Å²) in [7, 11) is -7.84. The van der Waals surface area contributed by atoms with Crippen LogP contribution in [0.3, 0.4) is 0 Å². The maximum absolute atomic E-state index is 13.8. The van der Waals surface area contributed by atoms with E-state index in [0.717, 1.165) is 5.56 Å². The van der Waals surface area contributed by atoms with Gasteiger partial charge in [0.2, 0.25) is 10.0 Å². The monoisotopic (exact) mass is 520 g/mol. The Morgan fingerprint density at radius 3 is 2.08 bits per heavy atom. The van der Waals surface area contributed by atoms with Crippen LogP contribution >= 0.6 is 0 Å². The fourth-order valence-electron chi connectivity index (χ4n) is 4.25. The largest absolute Gasteiger partial charge is 0.268 e. The van der Waals surface area contributed by atoms with Crippen LogP contribution in [0.15, 0.2) is 114 Å². The van der Waals surface area contributed by atoms with E-state index in [-0.39, 0.29) is 29.3 Å². The van der Waals surface area contributed by atoms with Crippen molar-refractivity contribution in [1.29, 1.82) is 0 Å². The third kappa shape index (κ3) is 4.67. The molecule has 0 unspecified atom stereocenters. The Kier molecular flexibility index (Phi) is 7.31. The molecule has 0 saturated carbocycles. The molecule has 0 N–H and O–H groups in total. The summed E-state index contributed by atoms with van der Waals surface area (Å²) < 4.78 is 57.4. The van der Waals surface area contributed by atoms with Crippen LogP contribution in [-0.2, 0) is 33.0 Å². The zero-order valence-corrected chi connectivity index (χ0v) is 21.7. The normalized spacial score (nSPS) is 12.2. The summed E-state index contributed by atoms with van der Waals surface area (Å²) in [6.07, 6.45) is 3.39. The number of hydrogen-bond acceptors (Lipinski definition) is 4. The molecule has 0 fully saturated rings. The Morgan fingerprint density at radius 1 is 0.806 bits per heavy atom. The van der Waals surface area contributed by atoms with Crippen molar-refractivity contribution in [2.24, 2.45) is 0 Å². The standard InChI is InChI=1S/C28H28N2O4S2/c1-4-11-27-26(21-29(20-5-2)35(31,32)24-18-16-22(3)17-19-24)25-14-9-10-15-28(25)30(27)36(33,34)23-12-7-6-8-13-23/h4-10,12-19H,1-2,11,20-21H2,3H3. The molecular formula is C28H28N2O4S2. The number of benzene rings is 3. The Morgan fingerprint density at radius 2 is 1.44 bits per heavy atom. The summed E-state index contributed by atoms with van der Waals surface area (Å²) in [6.45, 7) is 9.50. The first-order valence-electron chi connectivity index (χ1n) is 11.4. The Labute approximate surface area is 212 Å². The summed E-state index contributed by atoms with van der Waals surface area (Å²) in [5.41, 5.74) is 2.52. The third-order valence-electron chi connectivity index (χ3n) is 5.99. The van der Waals surface area contributed by atoms with Crippen molar-refractivity contribution in [3.8, 4) is 0 Å². The number of aryl methyl sites for hydroxylation is 1. The lowest BCUT2D eigenvalue weighted by molar-refractivity contribution is 0.438. The van der Waals surface area contributed by atoms with Gasteiger partial charge in [-0.05, 0) is 42.8 Å². The smallest absolute Gasteiger partial charge is 0.237 e. The Balaban J connectivity index is 1.94. The van der Waals surface area contributed by atoms with E-state index in [4.69, 9.17) is 0 Å². The van der Waals surface area contributed by atoms with Gasteiger partial charge in [-0.15, -0.1) is 13.2 Å². The van der Waals surface area contributed by atoms with Crippen molar-refractivity contribution in [1.82, 2.24) is 8.28 Å². The van der Waals surface area contributed by atoms with Gasteiger partial charge in [-0.25, -0.2) is 20.8 Å². The minimum atomic E-state index is -3.96. The first kappa shape index (κ1) is 25.6. The second-order valence-corrected chi connectivity index (χ2v) is 12.1. The van der Waals surface area contributed by atoms with Crippen LogP contribution in [0.25, 0.3) is 10.9 Å². The Hall–Kier alpha value is -3.46. The van der Waals surface area contributed by atoms with Gasteiger partial charge < -0.3 is 0 Å². The molecule has 6 nitrogen and oxygen atoms in total. The van der Waals surface area contributed by atoms with Crippen LogP contribution in [0.1, 0.15) is 16.8 Å². The van der Waals surface area contributed by atoms with Crippen molar-refractivity contribution < 1.29 is 16.8 Å². The van der Waals surface area contributed by atoms with Crippen LogP contribution in [0.4, 0.5) is 0 Å². The van der Waals surface area contributed by atoms with Crippen LogP contribution in [0, 0.1) is 6.92 Å². The molecule has 0 saturated heterocycles. The number of allylic oxidation sites excluding steroid dienone is 1. The van der Waals surface area contributed by atoms with Crippen LogP contribution in [0.2, 0.25) is 0 Å². The molecule has 0 spiro atoms. The molecule has 0 aliphatic rings. The van der Waals surface area contributed by atoms with Crippen molar-refractivity contribution in [2.75, 3.05) is 6.54 Å². The quantitative estimate of drug-likeness (QED) is 0.266. The fraction of sp³-hybridized carbons (Fsp3) is 0.143. The number of fused-ring (bicyclic) bond motifs is 1. The molecule has 3 aromatic carbocycles. The van der Waals surface area contributed by atoms with Gasteiger partial charge in [0.25, 0.3) is 10.0 Å². The molecule has 0 amide bonds. The molecule has 4 rings (SSSR count). The van der Waals surface area contributed by atoms with Crippen LogP contribution < -0.4 is 0 Å². The predicted molar refractivity (Wildman–Crippen MR) is 144 cm³/mol.